The summed E-state index contributed by atoms with van der Waals surface area (Å²) in [5.74, 6) is -0.0885. The van der Waals surface area contributed by atoms with Crippen LogP contribution in [0.5, 0.6) is 0 Å². The third kappa shape index (κ3) is 1.29. The number of carbonyl (C=O) groups excluding carboxylic acids is 1. The van der Waals surface area contributed by atoms with Crippen LogP contribution < -0.4 is 0 Å². The summed E-state index contributed by atoms with van der Waals surface area (Å²) in [5.41, 5.74) is 0. The highest BCUT2D eigenvalue weighted by Crippen LogP contribution is 2.01. The largest absolute Gasteiger partial charge is 0.275 e. The Kier molecular flexibility index (Phi) is 1.53. The Hall–Kier alpha value is -0.830. The van der Waals surface area contributed by atoms with Gasteiger partial charge in [0, 0.05) is 6.92 Å². The monoisotopic (exact) mass is 144 g/mol. The molecular weight excluding hydrogens is 140 g/mol. The van der Waals surface area contributed by atoms with Crippen molar-refractivity contribution in [2.75, 3.05) is 0 Å². The summed E-state index contributed by atoms with van der Waals surface area (Å²) in [6.07, 6.45) is 2.84. The summed E-state index contributed by atoms with van der Waals surface area (Å²) >= 11 is 5.42. The van der Waals surface area contributed by atoms with Crippen LogP contribution in [0.1, 0.15) is 11.7 Å². The van der Waals surface area contributed by atoms with Crippen LogP contribution in [-0.4, -0.2) is 15.5 Å². The van der Waals surface area contributed by atoms with E-state index in [9.17, 15) is 4.79 Å². The van der Waals surface area contributed by atoms with Crippen molar-refractivity contribution in [2.45, 2.75) is 6.92 Å². The van der Waals surface area contributed by atoms with E-state index in [1.807, 2.05) is 0 Å². The number of halogens is 1. The van der Waals surface area contributed by atoms with E-state index in [1.54, 1.807) is 0 Å². The zero-order chi connectivity index (χ0) is 6.85. The second-order valence-corrected chi connectivity index (χ2v) is 2.01. The maximum absolute atomic E-state index is 10.5. The van der Waals surface area contributed by atoms with Gasteiger partial charge in [-0.2, -0.15) is 0 Å². The first kappa shape index (κ1) is 6.29. The van der Waals surface area contributed by atoms with Gasteiger partial charge < -0.3 is 0 Å². The summed E-state index contributed by atoms with van der Waals surface area (Å²) in [5, 5.41) is 0.338. The molecule has 0 unspecified atom stereocenters. The van der Waals surface area contributed by atoms with E-state index in [2.05, 4.69) is 4.98 Å². The van der Waals surface area contributed by atoms with E-state index in [0.717, 1.165) is 0 Å². The zero-order valence-corrected chi connectivity index (χ0v) is 5.59. The highest BCUT2D eigenvalue weighted by molar-refractivity contribution is 6.29. The lowest BCUT2D eigenvalue weighted by Crippen LogP contribution is -2.00. The maximum Gasteiger partial charge on any atom is 0.228 e. The normalized spacial score (nSPS) is 9.56. The smallest absolute Gasteiger partial charge is 0.228 e. The van der Waals surface area contributed by atoms with Gasteiger partial charge >= 0.3 is 0 Å². The van der Waals surface area contributed by atoms with E-state index in [0.29, 0.717) is 5.15 Å². The molecule has 9 heavy (non-hydrogen) atoms. The molecule has 0 radical (unpaired) electrons. The molecular formula is C5H5ClN2O. The van der Waals surface area contributed by atoms with Crippen molar-refractivity contribution in [3.05, 3.63) is 17.7 Å². The summed E-state index contributed by atoms with van der Waals surface area (Å²) in [7, 11) is 0. The molecule has 0 aliphatic carbocycles. The van der Waals surface area contributed by atoms with Gasteiger partial charge in [-0.25, -0.2) is 4.98 Å². The molecule has 48 valence electrons. The molecule has 0 bridgehead atoms. The fourth-order valence-electron chi connectivity index (χ4n) is 0.471. The fraction of sp³-hybridized carbons (Fsp3) is 0.200. The SMILES string of the molecule is CC(=O)n1cnc(Cl)c1. The van der Waals surface area contributed by atoms with Crippen molar-refractivity contribution in [2.24, 2.45) is 0 Å². The molecule has 0 aliphatic rings. The first-order valence-corrected chi connectivity index (χ1v) is 2.78. The number of aromatic nitrogens is 2. The zero-order valence-electron chi connectivity index (χ0n) is 4.84. The molecule has 4 heteroatoms. The minimum Gasteiger partial charge on any atom is -0.275 e. The van der Waals surface area contributed by atoms with Crippen LogP contribution >= 0.6 is 11.6 Å². The third-order valence-corrected chi connectivity index (χ3v) is 1.11. The first-order valence-electron chi connectivity index (χ1n) is 2.40. The second-order valence-electron chi connectivity index (χ2n) is 1.62. The van der Waals surface area contributed by atoms with Crippen LogP contribution in [0, 0.1) is 0 Å². The Bertz CT molecular complexity index is 231. The standard InChI is InChI=1S/C5H5ClN2O/c1-4(9)8-2-5(6)7-3-8/h2-3H,1H3. The van der Waals surface area contributed by atoms with E-state index < -0.39 is 0 Å². The molecule has 1 aromatic heterocycles. The second kappa shape index (κ2) is 2.19. The predicted octanol–water partition coefficient (Wildman–Crippen LogP) is 1.20. The van der Waals surface area contributed by atoms with Crippen molar-refractivity contribution in [1.29, 1.82) is 0 Å². The van der Waals surface area contributed by atoms with Crippen molar-refractivity contribution < 1.29 is 4.79 Å². The van der Waals surface area contributed by atoms with E-state index in [1.165, 1.54) is 24.0 Å². The van der Waals surface area contributed by atoms with Crippen LogP contribution in [0.4, 0.5) is 0 Å². The van der Waals surface area contributed by atoms with Gasteiger partial charge in [0.05, 0.1) is 6.20 Å². The topological polar surface area (TPSA) is 34.9 Å². The molecule has 0 saturated heterocycles. The van der Waals surface area contributed by atoms with Gasteiger partial charge in [-0.15, -0.1) is 0 Å². The molecule has 1 heterocycles. The maximum atomic E-state index is 10.5. The van der Waals surface area contributed by atoms with Gasteiger partial charge in [-0.1, -0.05) is 11.6 Å². The molecule has 0 spiro atoms. The number of imidazole rings is 1. The number of nitrogens with zero attached hydrogens (tertiary/aromatic N) is 2. The predicted molar refractivity (Wildman–Crippen MR) is 33.5 cm³/mol. The van der Waals surface area contributed by atoms with Crippen molar-refractivity contribution in [3.63, 3.8) is 0 Å². The van der Waals surface area contributed by atoms with Gasteiger partial charge in [0.1, 0.15) is 11.5 Å². The molecule has 0 aromatic carbocycles. The summed E-state index contributed by atoms with van der Waals surface area (Å²) < 4.78 is 1.32. The molecule has 1 aromatic rings. The van der Waals surface area contributed by atoms with Crippen molar-refractivity contribution >= 4 is 17.5 Å². The number of carbonyl (C=O) groups is 1. The Morgan fingerprint density at radius 3 is 2.78 bits per heavy atom. The molecule has 0 fully saturated rings. The molecule has 0 N–H and O–H groups in total. The van der Waals surface area contributed by atoms with Gasteiger partial charge in [0.2, 0.25) is 5.91 Å². The highest BCUT2D eigenvalue weighted by atomic mass is 35.5. The van der Waals surface area contributed by atoms with Crippen LogP contribution in [0.3, 0.4) is 0 Å². The summed E-state index contributed by atoms with van der Waals surface area (Å²) in [6.45, 7) is 1.44. The Labute approximate surface area is 57.3 Å². The minimum absolute atomic E-state index is 0.0885. The Balaban J connectivity index is 2.98. The van der Waals surface area contributed by atoms with Crippen molar-refractivity contribution in [1.82, 2.24) is 9.55 Å². The lowest BCUT2D eigenvalue weighted by Gasteiger charge is -1.87. The molecule has 1 rings (SSSR count). The Morgan fingerprint density at radius 2 is 2.56 bits per heavy atom. The average Bonchev–Trinajstić information content (AvgIpc) is 2.14. The molecule has 0 amide bonds. The molecule has 0 atom stereocenters. The van der Waals surface area contributed by atoms with Gasteiger partial charge in [-0.3, -0.25) is 9.36 Å². The van der Waals surface area contributed by atoms with E-state index in [4.69, 9.17) is 11.6 Å². The number of hydrogen-bond acceptors (Lipinski definition) is 2. The fourth-order valence-corrected chi connectivity index (χ4v) is 0.620. The average molecular weight is 145 g/mol. The van der Waals surface area contributed by atoms with Gasteiger partial charge in [0.25, 0.3) is 0 Å². The van der Waals surface area contributed by atoms with Crippen LogP contribution in [0.25, 0.3) is 0 Å². The highest BCUT2D eigenvalue weighted by Gasteiger charge is 1.96. The van der Waals surface area contributed by atoms with Gasteiger partial charge in [-0.05, 0) is 0 Å². The van der Waals surface area contributed by atoms with Gasteiger partial charge in [0.15, 0.2) is 0 Å². The van der Waals surface area contributed by atoms with E-state index in [-0.39, 0.29) is 5.91 Å². The minimum atomic E-state index is -0.0885. The van der Waals surface area contributed by atoms with Crippen LogP contribution in [-0.2, 0) is 0 Å². The third-order valence-electron chi connectivity index (χ3n) is 0.915. The molecule has 3 nitrogen and oxygen atoms in total. The van der Waals surface area contributed by atoms with E-state index >= 15 is 0 Å². The molecule has 0 aliphatic heterocycles. The number of rotatable bonds is 0. The lowest BCUT2D eigenvalue weighted by molar-refractivity contribution is 0.0936. The first-order chi connectivity index (χ1) is 4.20. The van der Waals surface area contributed by atoms with Crippen LogP contribution in [0.15, 0.2) is 12.5 Å². The lowest BCUT2D eigenvalue weighted by atomic mass is 10.7. The van der Waals surface area contributed by atoms with Crippen molar-refractivity contribution in [3.8, 4) is 0 Å². The quantitative estimate of drug-likeness (QED) is 0.549. The number of hydrogen-bond donors (Lipinski definition) is 0. The molecule has 0 saturated carbocycles. The summed E-state index contributed by atoms with van der Waals surface area (Å²) in [6, 6.07) is 0. The Morgan fingerprint density at radius 1 is 1.89 bits per heavy atom. The van der Waals surface area contributed by atoms with Crippen LogP contribution in [0.2, 0.25) is 5.15 Å². The summed E-state index contributed by atoms with van der Waals surface area (Å²) in [4.78, 5) is 14.2.